The number of hydrogen-bond acceptors (Lipinski definition) is 7. The molecule has 2 aliphatic carbocycles. The number of nitrogens with two attached hydrogens (primary N) is 2. The maximum atomic E-state index is 12.7. The predicted molar refractivity (Wildman–Crippen MR) is 118 cm³/mol. The van der Waals surface area contributed by atoms with Gasteiger partial charge in [0.05, 0.1) is 12.7 Å². The van der Waals surface area contributed by atoms with E-state index in [0.29, 0.717) is 47.2 Å². The predicted octanol–water partition coefficient (Wildman–Crippen LogP) is 3.21. The summed E-state index contributed by atoms with van der Waals surface area (Å²) in [6, 6.07) is 2.44. The number of morpholine rings is 1. The van der Waals surface area contributed by atoms with E-state index < -0.39 is 12.1 Å². The fraction of sp³-hybridized carbons (Fsp3) is 0.652. The first kappa shape index (κ1) is 22.5. The van der Waals surface area contributed by atoms with E-state index in [9.17, 15) is 13.2 Å². The van der Waals surface area contributed by atoms with Crippen LogP contribution in [0.15, 0.2) is 23.3 Å². The number of nitrogens with zero attached hydrogens (tertiary/aromatic N) is 3. The number of aliphatic imine (C=N–C) groups is 1. The lowest BCUT2D eigenvalue weighted by Gasteiger charge is -2.33. The monoisotopic (exact) mass is 465 g/mol. The van der Waals surface area contributed by atoms with Crippen molar-refractivity contribution in [2.24, 2.45) is 28.5 Å². The number of hydrogen-bond donors (Lipinski definition) is 2. The second kappa shape index (κ2) is 8.16. The van der Waals surface area contributed by atoms with Crippen molar-refractivity contribution in [1.82, 2.24) is 9.88 Å². The van der Waals surface area contributed by atoms with Gasteiger partial charge in [-0.05, 0) is 57.1 Å². The van der Waals surface area contributed by atoms with Crippen molar-refractivity contribution in [2.45, 2.75) is 63.7 Å². The van der Waals surface area contributed by atoms with Crippen molar-refractivity contribution >= 4 is 17.2 Å². The van der Waals surface area contributed by atoms with Crippen molar-refractivity contribution in [3.63, 3.8) is 0 Å². The van der Waals surface area contributed by atoms with E-state index in [1.54, 1.807) is 6.08 Å². The van der Waals surface area contributed by atoms with E-state index in [-0.39, 0.29) is 11.9 Å². The SMILES string of the molecule is CC(C)N=C(C=C(N)c1cnc(N)c(OC(F)(F)F)c1)C1[C@H]2CC(N3C[C@@H]4C[C@H]3CO4)C[C@@H]12. The standard InChI is InChI=1S/C23H30F3N5O2/c1-11(2)30-19(7-18(27)12-3-20(22(28)29-8-12)33-23(24,25)26)21-16-5-13(6-17(16)21)31-9-15-4-14(31)10-32-15/h3,7-8,11,13-17,21H,4-6,9-10,27H2,1-2H3,(H2,28,29)/t13?,14-,15-,16-,17+,21?/m0/s1. The average Bonchev–Trinajstić information content (AvgIpc) is 3.15. The highest BCUT2D eigenvalue weighted by atomic mass is 19.4. The second-order valence-electron chi connectivity index (χ2n) is 9.92. The molecule has 10 heteroatoms. The van der Waals surface area contributed by atoms with Crippen LogP contribution in [-0.4, -0.2) is 59.3 Å². The van der Waals surface area contributed by atoms with E-state index in [0.717, 1.165) is 38.1 Å². The Morgan fingerprint density at radius 2 is 2.00 bits per heavy atom. The Kier molecular flexibility index (Phi) is 5.55. The maximum absolute atomic E-state index is 12.7. The van der Waals surface area contributed by atoms with Gasteiger partial charge in [0.25, 0.3) is 0 Å². The van der Waals surface area contributed by atoms with E-state index in [1.165, 1.54) is 12.3 Å². The Balaban J connectivity index is 1.30. The first-order valence-electron chi connectivity index (χ1n) is 11.5. The number of likely N-dealkylation sites (tertiary alicyclic amines) is 1. The maximum Gasteiger partial charge on any atom is 0.573 e. The topological polar surface area (TPSA) is 99.0 Å². The molecule has 0 aromatic carbocycles. The summed E-state index contributed by atoms with van der Waals surface area (Å²) < 4.78 is 47.7. The van der Waals surface area contributed by atoms with Crippen molar-refractivity contribution < 1.29 is 22.6 Å². The van der Waals surface area contributed by atoms with Gasteiger partial charge in [0, 0.05) is 53.8 Å². The van der Waals surface area contributed by atoms with Gasteiger partial charge in [-0.25, -0.2) is 4.98 Å². The van der Waals surface area contributed by atoms with Crippen molar-refractivity contribution in [2.75, 3.05) is 18.9 Å². The summed E-state index contributed by atoms with van der Waals surface area (Å²) in [5, 5.41) is 0. The normalized spacial score (nSPS) is 34.2. The molecule has 1 aromatic heterocycles. The Labute approximate surface area is 191 Å². The number of ether oxygens (including phenoxy) is 2. The molecule has 4 N–H and O–H groups in total. The Bertz CT molecular complexity index is 967. The van der Waals surface area contributed by atoms with Crippen molar-refractivity contribution in [3.8, 4) is 5.75 Å². The van der Waals surface area contributed by atoms with Crippen molar-refractivity contribution in [3.05, 3.63) is 23.9 Å². The lowest BCUT2D eigenvalue weighted by molar-refractivity contribution is -0.274. The molecule has 2 bridgehead atoms. The molecule has 33 heavy (non-hydrogen) atoms. The highest BCUT2D eigenvalue weighted by Gasteiger charge is 2.60. The molecular formula is C23H30F3N5O2. The first-order chi connectivity index (χ1) is 15.6. The van der Waals surface area contributed by atoms with E-state index in [1.807, 2.05) is 13.8 Å². The van der Waals surface area contributed by atoms with Gasteiger partial charge in [0.1, 0.15) is 0 Å². The lowest BCUT2D eigenvalue weighted by Crippen LogP contribution is -2.44. The Morgan fingerprint density at radius 3 is 2.58 bits per heavy atom. The fourth-order valence-corrected chi connectivity index (χ4v) is 5.98. The molecule has 2 aliphatic heterocycles. The molecule has 0 amide bonds. The quantitative estimate of drug-likeness (QED) is 0.626. The van der Waals surface area contributed by atoms with Gasteiger partial charge >= 0.3 is 6.36 Å². The van der Waals surface area contributed by atoms with Gasteiger partial charge in [-0.2, -0.15) is 0 Å². The number of rotatable bonds is 6. The minimum atomic E-state index is -4.86. The van der Waals surface area contributed by atoms with Crippen LogP contribution in [-0.2, 0) is 4.74 Å². The summed E-state index contributed by atoms with van der Waals surface area (Å²) in [4.78, 5) is 11.3. The van der Waals surface area contributed by atoms with Gasteiger partial charge in [-0.15, -0.1) is 13.2 Å². The summed E-state index contributed by atoms with van der Waals surface area (Å²) in [7, 11) is 0. The third kappa shape index (κ3) is 4.55. The Hall–Kier alpha value is -2.33. The van der Waals surface area contributed by atoms with E-state index in [2.05, 4.69) is 14.6 Å². The first-order valence-corrected chi connectivity index (χ1v) is 11.5. The molecule has 7 nitrogen and oxygen atoms in total. The summed E-state index contributed by atoms with van der Waals surface area (Å²) in [6.45, 7) is 5.92. The van der Waals surface area contributed by atoms with Crippen LogP contribution in [0, 0.1) is 17.8 Å². The van der Waals surface area contributed by atoms with Crippen LogP contribution >= 0.6 is 0 Å². The molecule has 6 atom stereocenters. The minimum Gasteiger partial charge on any atom is -0.402 e. The van der Waals surface area contributed by atoms with Crippen LogP contribution in [0.3, 0.4) is 0 Å². The van der Waals surface area contributed by atoms with Gasteiger partial charge < -0.3 is 20.9 Å². The number of pyridine rings is 1. The number of halogens is 3. The molecule has 4 fully saturated rings. The van der Waals surface area contributed by atoms with Crippen LogP contribution in [0.4, 0.5) is 19.0 Å². The molecule has 4 aliphatic rings. The molecular weight excluding hydrogens is 435 g/mol. The number of aromatic nitrogens is 1. The molecule has 3 heterocycles. The van der Waals surface area contributed by atoms with E-state index >= 15 is 0 Å². The van der Waals surface area contributed by atoms with Crippen LogP contribution < -0.4 is 16.2 Å². The molecule has 2 unspecified atom stereocenters. The number of fused-ring (bicyclic) bond motifs is 3. The summed E-state index contributed by atoms with van der Waals surface area (Å²) in [6.07, 6.45) is 2.14. The zero-order valence-corrected chi connectivity index (χ0v) is 18.8. The van der Waals surface area contributed by atoms with Gasteiger partial charge in [-0.3, -0.25) is 9.89 Å². The van der Waals surface area contributed by atoms with Crippen LogP contribution in [0.1, 0.15) is 38.7 Å². The van der Waals surface area contributed by atoms with Crippen LogP contribution in [0.25, 0.3) is 5.70 Å². The average molecular weight is 466 g/mol. The third-order valence-corrected chi connectivity index (χ3v) is 7.32. The van der Waals surface area contributed by atoms with Crippen LogP contribution in [0.2, 0.25) is 0 Å². The fourth-order valence-electron chi connectivity index (χ4n) is 5.98. The summed E-state index contributed by atoms with van der Waals surface area (Å²) in [5.74, 6) is 0.582. The number of alkyl halides is 3. The van der Waals surface area contributed by atoms with E-state index in [4.69, 9.17) is 21.2 Å². The summed E-state index contributed by atoms with van der Waals surface area (Å²) in [5.41, 5.74) is 13.3. The number of nitrogen functional groups attached to an aromatic ring is 1. The highest BCUT2D eigenvalue weighted by Crippen LogP contribution is 2.60. The molecule has 1 aromatic rings. The van der Waals surface area contributed by atoms with Crippen LogP contribution in [0.5, 0.6) is 5.75 Å². The molecule has 2 saturated heterocycles. The Morgan fingerprint density at radius 1 is 1.27 bits per heavy atom. The van der Waals surface area contributed by atoms with Gasteiger partial charge in [-0.1, -0.05) is 0 Å². The zero-order chi connectivity index (χ0) is 23.5. The summed E-state index contributed by atoms with van der Waals surface area (Å²) >= 11 is 0. The van der Waals surface area contributed by atoms with Gasteiger partial charge in [0.2, 0.25) is 0 Å². The number of allylic oxidation sites excluding steroid dienone is 1. The second-order valence-corrected chi connectivity index (χ2v) is 9.92. The van der Waals surface area contributed by atoms with Crippen molar-refractivity contribution in [1.29, 1.82) is 0 Å². The zero-order valence-electron chi connectivity index (χ0n) is 18.8. The number of anilines is 1. The molecule has 180 valence electrons. The molecule has 5 rings (SSSR count). The molecule has 0 radical (unpaired) electrons. The highest BCUT2D eigenvalue weighted by molar-refractivity contribution is 6.04. The smallest absolute Gasteiger partial charge is 0.402 e. The lowest BCUT2D eigenvalue weighted by atomic mass is 10.00. The third-order valence-electron chi connectivity index (χ3n) is 7.32. The van der Waals surface area contributed by atoms with Gasteiger partial charge in [0.15, 0.2) is 11.6 Å². The molecule has 0 spiro atoms. The molecule has 2 saturated carbocycles. The minimum absolute atomic E-state index is 0.0845. The largest absolute Gasteiger partial charge is 0.573 e.